The number of pyridine rings is 1. The molecule has 0 radical (unpaired) electrons. The molecule has 20 heavy (non-hydrogen) atoms. The number of hydrogen-bond donors (Lipinski definition) is 1. The molecule has 100 valence electrons. The molecule has 1 heterocycles. The van der Waals surface area contributed by atoms with E-state index in [-0.39, 0.29) is 0 Å². The Morgan fingerprint density at radius 2 is 1.70 bits per heavy atom. The molecule has 0 amide bonds. The van der Waals surface area contributed by atoms with Crippen LogP contribution in [-0.2, 0) is 6.54 Å². The molecule has 0 aliphatic rings. The van der Waals surface area contributed by atoms with Crippen molar-refractivity contribution in [2.24, 2.45) is 0 Å². The summed E-state index contributed by atoms with van der Waals surface area (Å²) in [5, 5.41) is 4.80. The molecule has 0 bridgehead atoms. The molecule has 2 aromatic carbocycles. The summed E-state index contributed by atoms with van der Waals surface area (Å²) in [6.45, 7) is 3.04. The normalized spacial score (nSPS) is 12.4. The number of para-hydroxylation sites is 1. The summed E-state index contributed by atoms with van der Waals surface area (Å²) in [4.78, 5) is 4.40. The molecule has 0 saturated heterocycles. The molecule has 0 aliphatic heterocycles. The number of nitrogens with one attached hydrogen (secondary N) is 1. The van der Waals surface area contributed by atoms with Crippen molar-refractivity contribution in [1.82, 2.24) is 10.3 Å². The number of rotatable bonds is 4. The Hall–Kier alpha value is -2.19. The summed E-state index contributed by atoms with van der Waals surface area (Å²) in [6, 6.07) is 21.2. The van der Waals surface area contributed by atoms with E-state index in [1.54, 1.807) is 0 Å². The Morgan fingerprint density at radius 1 is 0.950 bits per heavy atom. The third-order valence-corrected chi connectivity index (χ3v) is 3.64. The highest BCUT2D eigenvalue weighted by atomic mass is 14.9. The molecule has 2 heteroatoms. The van der Waals surface area contributed by atoms with Crippen molar-refractivity contribution >= 4 is 10.9 Å². The molecule has 3 rings (SSSR count). The van der Waals surface area contributed by atoms with Crippen LogP contribution >= 0.6 is 0 Å². The van der Waals surface area contributed by atoms with E-state index in [0.29, 0.717) is 6.04 Å². The fourth-order valence-electron chi connectivity index (χ4n) is 2.43. The van der Waals surface area contributed by atoms with Crippen molar-refractivity contribution in [1.29, 1.82) is 0 Å². The summed E-state index contributed by atoms with van der Waals surface area (Å²) in [6.07, 6.45) is 1.88. The van der Waals surface area contributed by atoms with Crippen LogP contribution in [0.3, 0.4) is 0 Å². The van der Waals surface area contributed by atoms with E-state index < -0.39 is 0 Å². The van der Waals surface area contributed by atoms with Crippen LogP contribution in [0.5, 0.6) is 0 Å². The van der Waals surface area contributed by atoms with Gasteiger partial charge in [0.1, 0.15) is 0 Å². The van der Waals surface area contributed by atoms with E-state index in [4.69, 9.17) is 0 Å². The predicted octanol–water partition coefficient (Wildman–Crippen LogP) is 4.09. The van der Waals surface area contributed by atoms with Crippen molar-refractivity contribution in [3.63, 3.8) is 0 Å². The maximum absolute atomic E-state index is 4.40. The van der Waals surface area contributed by atoms with Crippen LogP contribution in [0.15, 0.2) is 66.9 Å². The molecule has 0 unspecified atom stereocenters. The first-order chi connectivity index (χ1) is 9.84. The third-order valence-electron chi connectivity index (χ3n) is 3.64. The molecule has 1 atom stereocenters. The molecule has 3 aromatic rings. The number of nitrogens with zero attached hydrogens (tertiary/aromatic N) is 1. The number of benzene rings is 2. The Balaban J connectivity index is 1.77. The standard InChI is InChI=1S/C18H18N2/c1-14(15-7-3-2-4-8-15)20-13-16-11-12-19-18-10-6-5-9-17(16)18/h2-12,14,20H,13H2,1H3/t14-/m0/s1. The van der Waals surface area contributed by atoms with Crippen LogP contribution in [0.1, 0.15) is 24.1 Å². The molecule has 1 N–H and O–H groups in total. The Labute approximate surface area is 119 Å². The van der Waals surface area contributed by atoms with Gasteiger partial charge in [-0.3, -0.25) is 4.98 Å². The summed E-state index contributed by atoms with van der Waals surface area (Å²) >= 11 is 0. The lowest BCUT2D eigenvalue weighted by Crippen LogP contribution is -2.18. The third kappa shape index (κ3) is 2.70. The highest BCUT2D eigenvalue weighted by molar-refractivity contribution is 5.81. The quantitative estimate of drug-likeness (QED) is 0.766. The first-order valence-corrected chi connectivity index (χ1v) is 6.95. The van der Waals surface area contributed by atoms with Crippen LogP contribution in [0.25, 0.3) is 10.9 Å². The molecule has 0 fully saturated rings. The van der Waals surface area contributed by atoms with Crippen molar-refractivity contribution in [2.45, 2.75) is 19.5 Å². The second kappa shape index (κ2) is 5.85. The minimum Gasteiger partial charge on any atom is -0.306 e. The van der Waals surface area contributed by atoms with Gasteiger partial charge in [-0.05, 0) is 30.2 Å². The monoisotopic (exact) mass is 262 g/mol. The zero-order chi connectivity index (χ0) is 13.8. The first-order valence-electron chi connectivity index (χ1n) is 6.95. The van der Waals surface area contributed by atoms with E-state index in [0.717, 1.165) is 12.1 Å². The van der Waals surface area contributed by atoms with Crippen molar-refractivity contribution in [3.05, 3.63) is 78.0 Å². The molecule has 1 aromatic heterocycles. The zero-order valence-electron chi connectivity index (χ0n) is 11.6. The van der Waals surface area contributed by atoms with Crippen LogP contribution in [-0.4, -0.2) is 4.98 Å². The number of aromatic nitrogens is 1. The van der Waals surface area contributed by atoms with Crippen molar-refractivity contribution in [3.8, 4) is 0 Å². The topological polar surface area (TPSA) is 24.9 Å². The smallest absolute Gasteiger partial charge is 0.0705 e. The zero-order valence-corrected chi connectivity index (χ0v) is 11.6. The van der Waals surface area contributed by atoms with E-state index in [9.17, 15) is 0 Å². The molecule has 0 saturated carbocycles. The first kappa shape index (κ1) is 12.8. The van der Waals surface area contributed by atoms with Gasteiger partial charge in [-0.2, -0.15) is 0 Å². The fraction of sp³-hybridized carbons (Fsp3) is 0.167. The Morgan fingerprint density at radius 3 is 2.55 bits per heavy atom. The van der Waals surface area contributed by atoms with Gasteiger partial charge in [0, 0.05) is 24.2 Å². The SMILES string of the molecule is C[C@H](NCc1ccnc2ccccc12)c1ccccc1. The predicted molar refractivity (Wildman–Crippen MR) is 83.4 cm³/mol. The van der Waals surface area contributed by atoms with Gasteiger partial charge >= 0.3 is 0 Å². The summed E-state index contributed by atoms with van der Waals surface area (Å²) in [5.74, 6) is 0. The van der Waals surface area contributed by atoms with Gasteiger partial charge in [-0.25, -0.2) is 0 Å². The average Bonchev–Trinajstić information content (AvgIpc) is 2.53. The minimum absolute atomic E-state index is 0.336. The second-order valence-corrected chi connectivity index (χ2v) is 5.00. The summed E-state index contributed by atoms with van der Waals surface area (Å²) in [7, 11) is 0. The Kier molecular flexibility index (Phi) is 3.75. The van der Waals surface area contributed by atoms with E-state index in [1.807, 2.05) is 18.3 Å². The lowest BCUT2D eigenvalue weighted by molar-refractivity contribution is 0.576. The highest BCUT2D eigenvalue weighted by Crippen LogP contribution is 2.18. The maximum atomic E-state index is 4.40. The van der Waals surface area contributed by atoms with Gasteiger partial charge in [-0.15, -0.1) is 0 Å². The summed E-state index contributed by atoms with van der Waals surface area (Å²) in [5.41, 5.74) is 3.66. The van der Waals surface area contributed by atoms with Crippen LogP contribution in [0, 0.1) is 0 Å². The molecule has 0 spiro atoms. The van der Waals surface area contributed by atoms with E-state index in [2.05, 4.69) is 65.8 Å². The molecular formula is C18H18N2. The lowest BCUT2D eigenvalue weighted by Gasteiger charge is -2.15. The number of hydrogen-bond acceptors (Lipinski definition) is 2. The van der Waals surface area contributed by atoms with E-state index >= 15 is 0 Å². The highest BCUT2D eigenvalue weighted by Gasteiger charge is 2.06. The molecule has 2 nitrogen and oxygen atoms in total. The minimum atomic E-state index is 0.336. The molecule has 0 aliphatic carbocycles. The second-order valence-electron chi connectivity index (χ2n) is 5.00. The van der Waals surface area contributed by atoms with E-state index in [1.165, 1.54) is 16.5 Å². The van der Waals surface area contributed by atoms with Gasteiger partial charge in [0.05, 0.1) is 5.52 Å². The van der Waals surface area contributed by atoms with Gasteiger partial charge in [0.25, 0.3) is 0 Å². The van der Waals surface area contributed by atoms with Gasteiger partial charge in [-0.1, -0.05) is 48.5 Å². The van der Waals surface area contributed by atoms with Gasteiger partial charge in [0.2, 0.25) is 0 Å². The molecular weight excluding hydrogens is 244 g/mol. The van der Waals surface area contributed by atoms with Crippen molar-refractivity contribution < 1.29 is 0 Å². The average molecular weight is 262 g/mol. The van der Waals surface area contributed by atoms with Crippen LogP contribution in [0.2, 0.25) is 0 Å². The van der Waals surface area contributed by atoms with Gasteiger partial charge < -0.3 is 5.32 Å². The maximum Gasteiger partial charge on any atom is 0.0705 e. The van der Waals surface area contributed by atoms with Gasteiger partial charge in [0.15, 0.2) is 0 Å². The Bertz CT molecular complexity index is 687. The van der Waals surface area contributed by atoms with Crippen molar-refractivity contribution in [2.75, 3.05) is 0 Å². The largest absolute Gasteiger partial charge is 0.306 e. The van der Waals surface area contributed by atoms with Crippen LogP contribution in [0.4, 0.5) is 0 Å². The summed E-state index contributed by atoms with van der Waals surface area (Å²) < 4.78 is 0. The lowest BCUT2D eigenvalue weighted by atomic mass is 10.1. The van der Waals surface area contributed by atoms with Crippen LogP contribution < -0.4 is 5.32 Å². The number of fused-ring (bicyclic) bond motifs is 1. The fourth-order valence-corrected chi connectivity index (χ4v) is 2.43.